The number of unbranched alkanes of at least 4 members (excludes halogenated alkanes) is 5. The highest BCUT2D eigenvalue weighted by Crippen LogP contribution is 2.28. The van der Waals surface area contributed by atoms with Crippen LogP contribution in [-0.2, 0) is 9.47 Å². The Bertz CT molecular complexity index is 219. The molecule has 0 aliphatic heterocycles. The molecule has 1 unspecified atom stereocenters. The first-order chi connectivity index (χ1) is 9.14. The average Bonchev–Trinajstić information content (AvgIpc) is 2.45. The summed E-state index contributed by atoms with van der Waals surface area (Å²) in [5.41, 5.74) is 0. The Kier molecular flexibility index (Phi) is 11.3. The Morgan fingerprint density at radius 3 is 2.05 bits per heavy atom. The van der Waals surface area contributed by atoms with Crippen LogP contribution in [0.25, 0.3) is 0 Å². The van der Waals surface area contributed by atoms with E-state index in [0.717, 1.165) is 12.8 Å². The summed E-state index contributed by atoms with van der Waals surface area (Å²) >= 11 is 0. The van der Waals surface area contributed by atoms with Gasteiger partial charge in [-0.25, -0.2) is 0 Å². The molecular weight excluding hydrogens is 236 g/mol. The lowest BCUT2D eigenvalue weighted by Gasteiger charge is -2.33. The molecule has 0 saturated heterocycles. The molecule has 0 amide bonds. The molecule has 0 aromatic carbocycles. The maximum Gasteiger partial charge on any atom is 0.170 e. The maximum atomic E-state index is 5.57. The lowest BCUT2D eigenvalue weighted by Crippen LogP contribution is -2.37. The van der Waals surface area contributed by atoms with Crippen molar-refractivity contribution in [3.05, 3.63) is 12.2 Å². The highest BCUT2D eigenvalue weighted by atomic mass is 16.7. The summed E-state index contributed by atoms with van der Waals surface area (Å²) in [6.07, 6.45) is 14.7. The summed E-state index contributed by atoms with van der Waals surface area (Å²) in [5.74, 6) is -0.150. The monoisotopic (exact) mass is 270 g/mol. The zero-order valence-corrected chi connectivity index (χ0v) is 13.7. The Hall–Kier alpha value is -0.340. The minimum absolute atomic E-state index is 0.341. The maximum absolute atomic E-state index is 5.57. The van der Waals surface area contributed by atoms with Gasteiger partial charge in [-0.05, 0) is 19.8 Å². The van der Waals surface area contributed by atoms with Crippen LogP contribution in [0.1, 0.15) is 72.1 Å². The van der Waals surface area contributed by atoms with Crippen LogP contribution >= 0.6 is 0 Å². The minimum atomic E-state index is -0.491. The molecule has 0 fully saturated rings. The van der Waals surface area contributed by atoms with Gasteiger partial charge in [0.25, 0.3) is 0 Å². The molecule has 0 aliphatic carbocycles. The van der Waals surface area contributed by atoms with Crippen LogP contribution in [0.2, 0.25) is 0 Å². The molecule has 0 aromatic rings. The minimum Gasteiger partial charge on any atom is -0.353 e. The van der Waals surface area contributed by atoms with Gasteiger partial charge in [-0.2, -0.15) is 0 Å². The molecule has 114 valence electrons. The van der Waals surface area contributed by atoms with Crippen molar-refractivity contribution in [2.75, 3.05) is 14.2 Å². The number of methoxy groups -OCH3 is 2. The van der Waals surface area contributed by atoms with Gasteiger partial charge in [0.1, 0.15) is 0 Å². The second kappa shape index (κ2) is 11.5. The third-order valence-corrected chi connectivity index (χ3v) is 3.96. The van der Waals surface area contributed by atoms with E-state index in [0.29, 0.717) is 5.92 Å². The highest BCUT2D eigenvalue weighted by Gasteiger charge is 2.31. The van der Waals surface area contributed by atoms with Crippen molar-refractivity contribution in [2.24, 2.45) is 5.92 Å². The van der Waals surface area contributed by atoms with E-state index in [2.05, 4.69) is 26.0 Å². The summed E-state index contributed by atoms with van der Waals surface area (Å²) in [7, 11) is 3.47. The number of allylic oxidation sites excluding steroid dienone is 1. The van der Waals surface area contributed by atoms with Crippen molar-refractivity contribution in [1.82, 2.24) is 0 Å². The van der Waals surface area contributed by atoms with Gasteiger partial charge in [0.2, 0.25) is 0 Å². The molecule has 0 radical (unpaired) electrons. The van der Waals surface area contributed by atoms with Gasteiger partial charge in [0.05, 0.1) is 0 Å². The van der Waals surface area contributed by atoms with Crippen LogP contribution in [0.3, 0.4) is 0 Å². The Balaban J connectivity index is 4.17. The first-order valence-electron chi connectivity index (χ1n) is 7.91. The van der Waals surface area contributed by atoms with E-state index in [1.54, 1.807) is 14.2 Å². The number of rotatable bonds is 12. The zero-order valence-electron chi connectivity index (χ0n) is 13.7. The van der Waals surface area contributed by atoms with E-state index in [4.69, 9.17) is 9.47 Å². The fourth-order valence-electron chi connectivity index (χ4n) is 2.36. The molecule has 0 bridgehead atoms. The third kappa shape index (κ3) is 7.74. The number of ether oxygens (including phenoxy) is 2. The van der Waals surface area contributed by atoms with Crippen molar-refractivity contribution in [3.63, 3.8) is 0 Å². The summed E-state index contributed by atoms with van der Waals surface area (Å²) in [6.45, 7) is 6.46. The van der Waals surface area contributed by atoms with E-state index >= 15 is 0 Å². The van der Waals surface area contributed by atoms with Crippen molar-refractivity contribution < 1.29 is 9.47 Å². The van der Waals surface area contributed by atoms with E-state index in [-0.39, 0.29) is 0 Å². The Labute approximate surface area is 120 Å². The van der Waals surface area contributed by atoms with Gasteiger partial charge in [0, 0.05) is 20.1 Å². The smallest absolute Gasteiger partial charge is 0.170 e. The number of hydrogen-bond donors (Lipinski definition) is 0. The first-order valence-corrected chi connectivity index (χ1v) is 7.91. The number of hydrogen-bond acceptors (Lipinski definition) is 2. The van der Waals surface area contributed by atoms with Gasteiger partial charge < -0.3 is 9.47 Å². The second-order valence-electron chi connectivity index (χ2n) is 5.42. The zero-order chi connectivity index (χ0) is 14.6. The van der Waals surface area contributed by atoms with Crippen molar-refractivity contribution in [2.45, 2.75) is 77.9 Å². The average molecular weight is 270 g/mol. The van der Waals surface area contributed by atoms with Gasteiger partial charge in [0.15, 0.2) is 5.79 Å². The van der Waals surface area contributed by atoms with Crippen LogP contribution in [0.15, 0.2) is 12.2 Å². The molecular formula is C17H34O2. The molecule has 0 heterocycles. The SMILES string of the molecule is CCC=CC(CCCCCCCC)C(C)(OC)OC. The molecule has 2 nitrogen and oxygen atoms in total. The van der Waals surface area contributed by atoms with E-state index in [1.165, 1.54) is 38.5 Å². The largest absolute Gasteiger partial charge is 0.353 e. The summed E-state index contributed by atoms with van der Waals surface area (Å²) < 4.78 is 11.1. The second-order valence-corrected chi connectivity index (χ2v) is 5.42. The molecule has 0 spiro atoms. The standard InChI is InChI=1S/C17H34O2/c1-6-8-10-11-12-13-15-16(14-9-7-2)17(3,18-4)19-5/h9,14,16H,6-8,10-13,15H2,1-5H3. The van der Waals surface area contributed by atoms with Crippen LogP contribution < -0.4 is 0 Å². The van der Waals surface area contributed by atoms with E-state index < -0.39 is 5.79 Å². The molecule has 19 heavy (non-hydrogen) atoms. The lowest BCUT2D eigenvalue weighted by molar-refractivity contribution is -0.218. The summed E-state index contributed by atoms with van der Waals surface area (Å²) in [5, 5.41) is 0. The lowest BCUT2D eigenvalue weighted by atomic mass is 9.92. The van der Waals surface area contributed by atoms with Crippen LogP contribution in [0.4, 0.5) is 0 Å². The first kappa shape index (κ1) is 18.7. The molecule has 0 aliphatic rings. The Morgan fingerprint density at radius 1 is 0.947 bits per heavy atom. The van der Waals surface area contributed by atoms with Crippen LogP contribution in [-0.4, -0.2) is 20.0 Å². The van der Waals surface area contributed by atoms with Crippen molar-refractivity contribution >= 4 is 0 Å². The molecule has 2 heteroatoms. The normalized spacial score (nSPS) is 14.2. The molecule has 0 rings (SSSR count). The van der Waals surface area contributed by atoms with Gasteiger partial charge in [-0.1, -0.05) is 64.5 Å². The van der Waals surface area contributed by atoms with E-state index in [1.807, 2.05) is 6.92 Å². The van der Waals surface area contributed by atoms with Crippen molar-refractivity contribution in [1.29, 1.82) is 0 Å². The Morgan fingerprint density at radius 2 is 1.53 bits per heavy atom. The molecule has 0 aromatic heterocycles. The fourth-order valence-corrected chi connectivity index (χ4v) is 2.36. The van der Waals surface area contributed by atoms with Gasteiger partial charge in [-0.3, -0.25) is 0 Å². The fraction of sp³-hybridized carbons (Fsp3) is 0.882. The van der Waals surface area contributed by atoms with Gasteiger partial charge in [-0.15, -0.1) is 0 Å². The summed E-state index contributed by atoms with van der Waals surface area (Å²) in [4.78, 5) is 0. The topological polar surface area (TPSA) is 18.5 Å². The van der Waals surface area contributed by atoms with Crippen LogP contribution in [0.5, 0.6) is 0 Å². The molecule has 0 saturated carbocycles. The molecule has 1 atom stereocenters. The quantitative estimate of drug-likeness (QED) is 0.271. The van der Waals surface area contributed by atoms with Crippen LogP contribution in [0, 0.1) is 5.92 Å². The van der Waals surface area contributed by atoms with Gasteiger partial charge >= 0.3 is 0 Å². The molecule has 0 N–H and O–H groups in total. The third-order valence-electron chi connectivity index (χ3n) is 3.96. The predicted octanol–water partition coefficient (Wildman–Crippen LogP) is 5.33. The van der Waals surface area contributed by atoms with Crippen molar-refractivity contribution in [3.8, 4) is 0 Å². The van der Waals surface area contributed by atoms with E-state index in [9.17, 15) is 0 Å². The predicted molar refractivity (Wildman–Crippen MR) is 83.3 cm³/mol. The highest BCUT2D eigenvalue weighted by molar-refractivity contribution is 4.94. The summed E-state index contributed by atoms with van der Waals surface area (Å²) in [6, 6.07) is 0.